The molecule has 1 aromatic rings. The van der Waals surface area contributed by atoms with Crippen LogP contribution in [0.2, 0.25) is 0 Å². The predicted molar refractivity (Wildman–Crippen MR) is 124 cm³/mol. The zero-order valence-corrected chi connectivity index (χ0v) is 19.4. The molecule has 0 aromatic heterocycles. The van der Waals surface area contributed by atoms with Crippen molar-refractivity contribution in [2.75, 3.05) is 58.6 Å². The molecule has 1 fully saturated rings. The van der Waals surface area contributed by atoms with E-state index in [4.69, 9.17) is 0 Å². The number of carbonyl (C=O) groups excluding carboxylic acids is 3. The highest BCUT2D eigenvalue weighted by atomic mass is 32.2. The van der Waals surface area contributed by atoms with Gasteiger partial charge in [0.25, 0.3) is 5.69 Å². The molecule has 0 bridgehead atoms. The van der Waals surface area contributed by atoms with Crippen molar-refractivity contribution in [2.24, 2.45) is 0 Å². The first kappa shape index (κ1) is 25.6. The smallest absolute Gasteiger partial charge is 0.317 e. The molecule has 2 rings (SSSR count). The topological polar surface area (TPSA) is 116 Å². The maximum Gasteiger partial charge on any atom is 0.317 e. The van der Waals surface area contributed by atoms with Crippen molar-refractivity contribution in [1.29, 1.82) is 0 Å². The maximum absolute atomic E-state index is 12.7. The van der Waals surface area contributed by atoms with E-state index in [1.54, 1.807) is 17.0 Å². The van der Waals surface area contributed by atoms with Crippen molar-refractivity contribution >= 4 is 34.5 Å². The Hall–Kier alpha value is -2.66. The van der Waals surface area contributed by atoms with Crippen molar-refractivity contribution in [3.8, 4) is 0 Å². The molecule has 0 spiro atoms. The number of nitro benzene ring substituents is 1. The Morgan fingerprint density at radius 3 is 2.38 bits per heavy atom. The number of likely N-dealkylation sites (N-methyl/N-ethyl adjacent to an activating group) is 1. The minimum absolute atomic E-state index is 0.0153. The highest BCUT2D eigenvalue weighted by Crippen LogP contribution is 2.13. The fourth-order valence-corrected chi connectivity index (χ4v) is 3.86. The van der Waals surface area contributed by atoms with Crippen LogP contribution in [0.5, 0.6) is 0 Å². The van der Waals surface area contributed by atoms with Gasteiger partial charge in [-0.1, -0.05) is 23.9 Å². The predicted octanol–water partition coefficient (Wildman–Crippen LogP) is 1.59. The molecule has 11 heteroatoms. The van der Waals surface area contributed by atoms with Gasteiger partial charge in [0.05, 0.1) is 4.92 Å². The second kappa shape index (κ2) is 13.0. The van der Waals surface area contributed by atoms with Crippen LogP contribution in [0.15, 0.2) is 24.3 Å². The highest BCUT2D eigenvalue weighted by Gasteiger charge is 2.19. The Labute approximate surface area is 192 Å². The first-order valence-corrected chi connectivity index (χ1v) is 11.6. The largest absolute Gasteiger partial charge is 0.340 e. The molecule has 0 radical (unpaired) electrons. The molecular weight excluding hydrogens is 434 g/mol. The lowest BCUT2D eigenvalue weighted by Gasteiger charge is -2.32. The number of urea groups is 1. The number of rotatable bonds is 10. The first-order chi connectivity index (χ1) is 15.3. The Morgan fingerprint density at radius 1 is 1.12 bits per heavy atom. The van der Waals surface area contributed by atoms with Crippen LogP contribution in [0.4, 0.5) is 10.5 Å². The molecule has 0 unspecified atom stereocenters. The number of benzene rings is 1. The van der Waals surface area contributed by atoms with Crippen LogP contribution in [0, 0.1) is 10.1 Å². The highest BCUT2D eigenvalue weighted by molar-refractivity contribution is 8.13. The van der Waals surface area contributed by atoms with Crippen molar-refractivity contribution in [3.05, 3.63) is 39.9 Å². The summed E-state index contributed by atoms with van der Waals surface area (Å²) < 4.78 is 0. The third-order valence-electron chi connectivity index (χ3n) is 5.24. The first-order valence-electron chi connectivity index (χ1n) is 10.6. The maximum atomic E-state index is 12.7. The summed E-state index contributed by atoms with van der Waals surface area (Å²) >= 11 is 1.15. The number of nitrogens with one attached hydrogen (secondary N) is 1. The second-order valence-corrected chi connectivity index (χ2v) is 8.94. The van der Waals surface area contributed by atoms with Crippen LogP contribution < -0.4 is 5.32 Å². The number of non-ortho nitro benzene ring substituents is 1. The van der Waals surface area contributed by atoms with Crippen molar-refractivity contribution in [2.45, 2.75) is 19.8 Å². The van der Waals surface area contributed by atoms with E-state index in [9.17, 15) is 24.5 Å². The Kier molecular flexibility index (Phi) is 10.4. The van der Waals surface area contributed by atoms with Gasteiger partial charge in [-0.05, 0) is 19.0 Å². The van der Waals surface area contributed by atoms with Gasteiger partial charge in [-0.15, -0.1) is 0 Å². The molecule has 3 amide bonds. The van der Waals surface area contributed by atoms with Crippen LogP contribution in [-0.2, 0) is 16.0 Å². The zero-order chi connectivity index (χ0) is 23.5. The molecule has 1 heterocycles. The number of thioether (sulfide) groups is 1. The van der Waals surface area contributed by atoms with E-state index in [1.165, 1.54) is 19.1 Å². The Balaban J connectivity index is 1.84. The summed E-state index contributed by atoms with van der Waals surface area (Å²) in [4.78, 5) is 52.2. The lowest BCUT2D eigenvalue weighted by Crippen LogP contribution is -2.48. The van der Waals surface area contributed by atoms with Gasteiger partial charge >= 0.3 is 6.03 Å². The van der Waals surface area contributed by atoms with Gasteiger partial charge in [-0.3, -0.25) is 19.7 Å². The number of hydrogen-bond donors (Lipinski definition) is 1. The average molecular weight is 466 g/mol. The minimum Gasteiger partial charge on any atom is -0.340 e. The van der Waals surface area contributed by atoms with Gasteiger partial charge < -0.3 is 20.0 Å². The molecule has 1 aliphatic heterocycles. The number of hydrogen-bond acceptors (Lipinski definition) is 7. The van der Waals surface area contributed by atoms with Gasteiger partial charge in [-0.25, -0.2) is 4.79 Å². The van der Waals surface area contributed by atoms with Crippen LogP contribution in [0.1, 0.15) is 18.9 Å². The molecule has 10 nitrogen and oxygen atoms in total. The minimum atomic E-state index is -0.452. The Morgan fingerprint density at radius 2 is 1.78 bits per heavy atom. The molecule has 0 aliphatic carbocycles. The monoisotopic (exact) mass is 465 g/mol. The number of amides is 3. The quantitative estimate of drug-likeness (QED) is 0.412. The molecule has 0 atom stereocenters. The molecule has 0 saturated carbocycles. The van der Waals surface area contributed by atoms with E-state index < -0.39 is 4.92 Å². The molecule has 1 saturated heterocycles. The summed E-state index contributed by atoms with van der Waals surface area (Å²) in [5, 5.41) is 13.6. The van der Waals surface area contributed by atoms with Gasteiger partial charge in [0.2, 0.25) is 5.91 Å². The van der Waals surface area contributed by atoms with Crippen LogP contribution in [0.25, 0.3) is 0 Å². The normalized spacial score (nSPS) is 14.1. The summed E-state index contributed by atoms with van der Waals surface area (Å²) in [6.45, 7) is 5.61. The van der Waals surface area contributed by atoms with E-state index in [0.717, 1.165) is 30.4 Å². The van der Waals surface area contributed by atoms with E-state index in [1.807, 2.05) is 11.9 Å². The summed E-state index contributed by atoms with van der Waals surface area (Å²) in [7, 11) is 2.03. The number of nitro groups is 1. The van der Waals surface area contributed by atoms with Crippen molar-refractivity contribution in [3.63, 3.8) is 0 Å². The van der Waals surface area contributed by atoms with Gasteiger partial charge in [0, 0.05) is 77.0 Å². The average Bonchev–Trinajstić information content (AvgIpc) is 2.76. The fraction of sp³-hybridized carbons (Fsp3) is 0.571. The number of nitrogens with zero attached hydrogens (tertiary/aromatic N) is 4. The molecular formula is C21H31N5O5S. The van der Waals surface area contributed by atoms with E-state index in [2.05, 4.69) is 10.2 Å². The second-order valence-electron chi connectivity index (χ2n) is 7.67. The molecule has 32 heavy (non-hydrogen) atoms. The third-order valence-corrected chi connectivity index (χ3v) is 6.04. The van der Waals surface area contributed by atoms with Gasteiger partial charge in [0.1, 0.15) is 0 Å². The van der Waals surface area contributed by atoms with Crippen LogP contribution >= 0.6 is 11.8 Å². The standard InChI is InChI=1S/C21H31N5O5S/c1-17(27)32-16-15-25(10-8-18-3-5-19(6-4-18)26(30)31)21(29)22-9-7-20(28)24-13-11-23(2)12-14-24/h3-6H,7-16H2,1-2H3,(H,22,29). The van der Waals surface area contributed by atoms with Crippen LogP contribution in [-0.4, -0.2) is 95.3 Å². The zero-order valence-electron chi connectivity index (χ0n) is 18.6. The van der Waals surface area contributed by atoms with Crippen molar-refractivity contribution < 1.29 is 19.3 Å². The molecule has 1 aliphatic rings. The van der Waals surface area contributed by atoms with E-state index >= 15 is 0 Å². The number of piperazine rings is 1. The number of carbonyl (C=O) groups is 3. The van der Waals surface area contributed by atoms with E-state index in [-0.39, 0.29) is 35.7 Å². The summed E-state index contributed by atoms with van der Waals surface area (Å²) in [5.74, 6) is 0.506. The molecule has 176 valence electrons. The van der Waals surface area contributed by atoms with E-state index in [0.29, 0.717) is 38.4 Å². The van der Waals surface area contributed by atoms with Crippen LogP contribution in [0.3, 0.4) is 0 Å². The molecule has 1 aromatic carbocycles. The molecule has 1 N–H and O–H groups in total. The fourth-order valence-electron chi connectivity index (χ4n) is 3.26. The Bertz CT molecular complexity index is 796. The van der Waals surface area contributed by atoms with Gasteiger partial charge in [0.15, 0.2) is 5.12 Å². The van der Waals surface area contributed by atoms with Gasteiger partial charge in [-0.2, -0.15) is 0 Å². The van der Waals surface area contributed by atoms with Crippen molar-refractivity contribution in [1.82, 2.24) is 20.0 Å². The lowest BCUT2D eigenvalue weighted by atomic mass is 10.1. The summed E-state index contributed by atoms with van der Waals surface area (Å²) in [6.07, 6.45) is 0.768. The third kappa shape index (κ3) is 8.83. The summed E-state index contributed by atoms with van der Waals surface area (Å²) in [5.41, 5.74) is 0.893. The SMILES string of the molecule is CC(=O)SCCN(CCc1ccc([N+](=O)[O-])cc1)C(=O)NCCC(=O)N1CCN(C)CC1. The summed E-state index contributed by atoms with van der Waals surface area (Å²) in [6, 6.07) is 5.94. The lowest BCUT2D eigenvalue weighted by molar-refractivity contribution is -0.384.